The first kappa shape index (κ1) is 18.6. The SMILES string of the molecule is C[C@H](N=C1NS(=O)(=O)c2ccccc21)C(=O)NCC(=O)NCc1ccco1. The van der Waals surface area contributed by atoms with E-state index >= 15 is 0 Å². The minimum atomic E-state index is -3.67. The van der Waals surface area contributed by atoms with Gasteiger partial charge in [-0.25, -0.2) is 8.42 Å². The monoisotopic (exact) mass is 390 g/mol. The highest BCUT2D eigenvalue weighted by molar-refractivity contribution is 7.90. The van der Waals surface area contributed by atoms with Crippen LogP contribution in [0, 0.1) is 0 Å². The van der Waals surface area contributed by atoms with Crippen molar-refractivity contribution in [1.29, 1.82) is 0 Å². The van der Waals surface area contributed by atoms with Gasteiger partial charge in [-0.2, -0.15) is 0 Å². The highest BCUT2D eigenvalue weighted by atomic mass is 32.2. The average molecular weight is 390 g/mol. The summed E-state index contributed by atoms with van der Waals surface area (Å²) in [5.41, 5.74) is 0.411. The van der Waals surface area contributed by atoms with Gasteiger partial charge in [-0.3, -0.25) is 19.3 Å². The third-order valence-corrected chi connectivity index (χ3v) is 5.23. The average Bonchev–Trinajstić information content (AvgIpc) is 3.25. The molecule has 9 nitrogen and oxygen atoms in total. The number of furan rings is 1. The van der Waals surface area contributed by atoms with Gasteiger partial charge in [0.1, 0.15) is 17.6 Å². The van der Waals surface area contributed by atoms with Crippen LogP contribution in [-0.4, -0.2) is 38.7 Å². The smallest absolute Gasteiger partial charge is 0.263 e. The first-order valence-electron chi connectivity index (χ1n) is 8.13. The van der Waals surface area contributed by atoms with Crippen LogP contribution in [0.3, 0.4) is 0 Å². The fourth-order valence-electron chi connectivity index (χ4n) is 2.46. The molecule has 2 aromatic rings. The summed E-state index contributed by atoms with van der Waals surface area (Å²) in [7, 11) is -3.67. The van der Waals surface area contributed by atoms with E-state index in [1.54, 1.807) is 30.3 Å². The highest BCUT2D eigenvalue weighted by Crippen LogP contribution is 2.22. The predicted octanol–water partition coefficient (Wildman–Crippen LogP) is 0.139. The third kappa shape index (κ3) is 4.34. The van der Waals surface area contributed by atoms with Crippen molar-refractivity contribution in [2.45, 2.75) is 24.4 Å². The number of amidine groups is 1. The van der Waals surface area contributed by atoms with Crippen LogP contribution in [-0.2, 0) is 26.2 Å². The lowest BCUT2D eigenvalue weighted by Crippen LogP contribution is -2.40. The van der Waals surface area contributed by atoms with Gasteiger partial charge in [0.05, 0.1) is 24.2 Å². The molecule has 3 rings (SSSR count). The zero-order valence-corrected chi connectivity index (χ0v) is 15.2. The second-order valence-electron chi connectivity index (χ2n) is 5.83. The summed E-state index contributed by atoms with van der Waals surface area (Å²) in [6.45, 7) is 1.51. The molecule has 0 spiro atoms. The number of fused-ring (bicyclic) bond motifs is 1. The van der Waals surface area contributed by atoms with Gasteiger partial charge in [0.2, 0.25) is 11.8 Å². The fourth-order valence-corrected chi connectivity index (χ4v) is 3.70. The van der Waals surface area contributed by atoms with Gasteiger partial charge >= 0.3 is 0 Å². The van der Waals surface area contributed by atoms with E-state index in [1.807, 2.05) is 0 Å². The zero-order valence-electron chi connectivity index (χ0n) is 14.4. The van der Waals surface area contributed by atoms with Crippen LogP contribution in [0.2, 0.25) is 0 Å². The van der Waals surface area contributed by atoms with E-state index in [1.165, 1.54) is 19.3 Å². The number of hydrogen-bond acceptors (Lipinski definition) is 6. The number of rotatable bonds is 6. The van der Waals surface area contributed by atoms with Gasteiger partial charge in [-0.05, 0) is 31.2 Å². The summed E-state index contributed by atoms with van der Waals surface area (Å²) < 4.78 is 31.5. The Labute approximate surface area is 155 Å². The molecule has 2 heterocycles. The number of aliphatic imine (C=N–C) groups is 1. The van der Waals surface area contributed by atoms with Crippen molar-refractivity contribution < 1.29 is 22.4 Å². The van der Waals surface area contributed by atoms with Crippen molar-refractivity contribution in [3.63, 3.8) is 0 Å². The molecule has 27 heavy (non-hydrogen) atoms. The van der Waals surface area contributed by atoms with E-state index in [-0.39, 0.29) is 29.7 Å². The van der Waals surface area contributed by atoms with Gasteiger partial charge in [0.25, 0.3) is 10.0 Å². The number of benzene rings is 1. The lowest BCUT2D eigenvalue weighted by molar-refractivity contribution is -0.126. The number of nitrogens with one attached hydrogen (secondary N) is 3. The standard InChI is InChI=1S/C17H18N4O5S/c1-11(17(23)19-10-15(22)18-9-12-5-4-8-26-12)20-16-13-6-2-3-7-14(13)27(24,25)21-16/h2-8,11H,9-10H2,1H3,(H,18,22)(H,19,23)(H,20,21)/t11-/m0/s1. The Morgan fingerprint density at radius 3 is 2.70 bits per heavy atom. The number of amides is 2. The van der Waals surface area contributed by atoms with Crippen molar-refractivity contribution in [2.24, 2.45) is 4.99 Å². The summed E-state index contributed by atoms with van der Waals surface area (Å²) in [6.07, 6.45) is 1.50. The number of nitrogens with zero attached hydrogens (tertiary/aromatic N) is 1. The Morgan fingerprint density at radius 1 is 1.19 bits per heavy atom. The third-order valence-electron chi connectivity index (χ3n) is 3.83. The molecular formula is C17H18N4O5S. The molecule has 0 saturated carbocycles. The van der Waals surface area contributed by atoms with Crippen LogP contribution in [0.15, 0.2) is 57.0 Å². The predicted molar refractivity (Wildman–Crippen MR) is 96.3 cm³/mol. The van der Waals surface area contributed by atoms with Crippen molar-refractivity contribution in [3.05, 3.63) is 54.0 Å². The second kappa shape index (κ2) is 7.62. The molecular weight excluding hydrogens is 372 g/mol. The molecule has 1 aliphatic rings. The molecule has 0 aliphatic carbocycles. The molecule has 0 unspecified atom stereocenters. The van der Waals surface area contributed by atoms with Crippen molar-refractivity contribution >= 4 is 27.7 Å². The molecule has 1 atom stereocenters. The van der Waals surface area contributed by atoms with E-state index in [0.717, 1.165) is 0 Å². The van der Waals surface area contributed by atoms with Crippen molar-refractivity contribution in [3.8, 4) is 0 Å². The molecule has 1 aromatic carbocycles. The summed E-state index contributed by atoms with van der Waals surface area (Å²) in [6, 6.07) is 8.92. The van der Waals surface area contributed by atoms with Crippen molar-refractivity contribution in [1.82, 2.24) is 15.4 Å². The van der Waals surface area contributed by atoms with Crippen molar-refractivity contribution in [2.75, 3.05) is 6.54 Å². The fraction of sp³-hybridized carbons (Fsp3) is 0.235. The number of sulfonamides is 1. The number of hydrogen-bond donors (Lipinski definition) is 3. The number of carbonyl (C=O) groups is 2. The Morgan fingerprint density at radius 2 is 1.96 bits per heavy atom. The van der Waals surface area contributed by atoms with Gasteiger partial charge in [-0.1, -0.05) is 12.1 Å². The molecule has 1 aliphatic heterocycles. The second-order valence-corrected chi connectivity index (χ2v) is 7.48. The van der Waals surface area contributed by atoms with E-state index in [2.05, 4.69) is 20.3 Å². The van der Waals surface area contributed by atoms with E-state index < -0.39 is 22.0 Å². The summed E-state index contributed by atoms with van der Waals surface area (Å²) in [4.78, 5) is 28.2. The van der Waals surface area contributed by atoms with Gasteiger partial charge in [0.15, 0.2) is 0 Å². The maximum absolute atomic E-state index is 12.1. The molecule has 2 amide bonds. The first-order chi connectivity index (χ1) is 12.9. The summed E-state index contributed by atoms with van der Waals surface area (Å²) in [5, 5.41) is 5.07. The quantitative estimate of drug-likeness (QED) is 0.646. The van der Waals surface area contributed by atoms with Gasteiger partial charge in [-0.15, -0.1) is 0 Å². The van der Waals surface area contributed by atoms with Gasteiger partial charge in [0, 0.05) is 5.56 Å². The molecule has 142 valence electrons. The van der Waals surface area contributed by atoms with E-state index in [4.69, 9.17) is 4.42 Å². The minimum absolute atomic E-state index is 0.107. The minimum Gasteiger partial charge on any atom is -0.467 e. The van der Waals surface area contributed by atoms with Crippen LogP contribution in [0.25, 0.3) is 0 Å². The van der Waals surface area contributed by atoms with Crippen LogP contribution in [0.4, 0.5) is 0 Å². The topological polar surface area (TPSA) is 130 Å². The largest absolute Gasteiger partial charge is 0.467 e. The lowest BCUT2D eigenvalue weighted by Gasteiger charge is -2.10. The Balaban J connectivity index is 1.56. The number of carbonyl (C=O) groups excluding carboxylic acids is 2. The molecule has 0 saturated heterocycles. The maximum Gasteiger partial charge on any atom is 0.263 e. The first-order valence-corrected chi connectivity index (χ1v) is 9.62. The summed E-state index contributed by atoms with van der Waals surface area (Å²) in [5.74, 6) is -0.178. The van der Waals surface area contributed by atoms with Crippen LogP contribution >= 0.6 is 0 Å². The molecule has 0 radical (unpaired) electrons. The van der Waals surface area contributed by atoms with Crippen LogP contribution < -0.4 is 15.4 Å². The maximum atomic E-state index is 12.1. The van der Waals surface area contributed by atoms with Gasteiger partial charge < -0.3 is 15.1 Å². The van der Waals surface area contributed by atoms with E-state index in [0.29, 0.717) is 11.3 Å². The Bertz CT molecular complexity index is 983. The Kier molecular flexibility index (Phi) is 5.26. The van der Waals surface area contributed by atoms with E-state index in [9.17, 15) is 18.0 Å². The highest BCUT2D eigenvalue weighted by Gasteiger charge is 2.31. The normalized spacial score (nSPS) is 17.0. The van der Waals surface area contributed by atoms with Crippen LogP contribution in [0.1, 0.15) is 18.2 Å². The molecule has 0 fully saturated rings. The zero-order chi connectivity index (χ0) is 19.4. The molecule has 0 bridgehead atoms. The lowest BCUT2D eigenvalue weighted by atomic mass is 10.2. The molecule has 1 aromatic heterocycles. The summed E-state index contributed by atoms with van der Waals surface area (Å²) >= 11 is 0. The molecule has 10 heteroatoms. The molecule has 3 N–H and O–H groups in total. The van der Waals surface area contributed by atoms with Crippen LogP contribution in [0.5, 0.6) is 0 Å². The Hall–Kier alpha value is -3.14.